The topological polar surface area (TPSA) is 35.5 Å². The molecule has 0 heterocycles. The van der Waals surface area contributed by atoms with Crippen LogP contribution in [0.25, 0.3) is 0 Å². The Balaban J connectivity index is 1.47. The van der Waals surface area contributed by atoms with Crippen LogP contribution in [0, 0.1) is 0 Å². The van der Waals surface area contributed by atoms with Gasteiger partial charge in [0, 0.05) is 12.0 Å². The van der Waals surface area contributed by atoms with E-state index in [1.807, 2.05) is 18.2 Å². The van der Waals surface area contributed by atoms with Crippen molar-refractivity contribution in [1.29, 1.82) is 0 Å². The number of hydrogen-bond donors (Lipinski definition) is 0. The highest BCUT2D eigenvalue weighted by atomic mass is 16.6. The van der Waals surface area contributed by atoms with Crippen molar-refractivity contribution in [2.75, 3.05) is 33.9 Å². The molecule has 0 saturated heterocycles. The molecule has 37 heavy (non-hydrogen) atoms. The predicted molar refractivity (Wildman–Crippen MR) is 155 cm³/mol. The Morgan fingerprint density at radius 1 is 0.703 bits per heavy atom. The third-order valence-corrected chi connectivity index (χ3v) is 6.96. The molecule has 4 heteroatoms. The van der Waals surface area contributed by atoms with E-state index in [-0.39, 0.29) is 5.97 Å². The van der Waals surface area contributed by atoms with Crippen molar-refractivity contribution in [3.8, 4) is 5.75 Å². The molecule has 0 amide bonds. The van der Waals surface area contributed by atoms with Crippen molar-refractivity contribution >= 4 is 5.97 Å². The highest BCUT2D eigenvalue weighted by Gasteiger charge is 2.16. The molecule has 4 nitrogen and oxygen atoms in total. The Morgan fingerprint density at radius 3 is 1.97 bits per heavy atom. The average molecular weight is 511 g/mol. The molecule has 0 aliphatic rings. The first-order valence-electron chi connectivity index (χ1n) is 14.7. The first-order valence-corrected chi connectivity index (χ1v) is 14.7. The monoisotopic (exact) mass is 510 g/mol. The smallest absolute Gasteiger partial charge is 0.306 e. The van der Waals surface area contributed by atoms with Crippen molar-refractivity contribution in [3.05, 3.63) is 65.7 Å². The zero-order valence-corrected chi connectivity index (χ0v) is 23.9. The molecular weight excluding hydrogens is 458 g/mol. The Kier molecular flexibility index (Phi) is 15.7. The molecule has 0 N–H and O–H groups in total. The van der Waals surface area contributed by atoms with E-state index in [4.69, 9.17) is 9.47 Å². The molecule has 0 spiro atoms. The molecule has 206 valence electrons. The molecule has 0 aliphatic heterocycles. The number of unbranched alkanes of at least 4 members (excludes halogenated alkanes) is 9. The maximum Gasteiger partial charge on any atom is 0.306 e. The number of quaternary nitrogens is 1. The number of aryl methyl sites for hydroxylation is 1. The Labute approximate surface area is 227 Å². The fourth-order valence-corrected chi connectivity index (χ4v) is 4.76. The summed E-state index contributed by atoms with van der Waals surface area (Å²) in [7, 11) is 4.41. The van der Waals surface area contributed by atoms with Crippen molar-refractivity contribution in [1.82, 2.24) is 0 Å². The fourth-order valence-electron chi connectivity index (χ4n) is 4.76. The van der Waals surface area contributed by atoms with Crippen molar-refractivity contribution < 1.29 is 18.8 Å². The van der Waals surface area contributed by atoms with Gasteiger partial charge in [0.25, 0.3) is 0 Å². The number of benzene rings is 2. The lowest BCUT2D eigenvalue weighted by molar-refractivity contribution is -0.903. The summed E-state index contributed by atoms with van der Waals surface area (Å²) in [4.78, 5) is 12.1. The third kappa shape index (κ3) is 15.5. The van der Waals surface area contributed by atoms with Crippen molar-refractivity contribution in [2.24, 2.45) is 0 Å². The minimum Gasteiger partial charge on any atom is -0.490 e. The summed E-state index contributed by atoms with van der Waals surface area (Å²) in [5.41, 5.74) is 2.69. The van der Waals surface area contributed by atoms with Gasteiger partial charge in [-0.2, -0.15) is 0 Å². The van der Waals surface area contributed by atoms with Crippen LogP contribution in [-0.4, -0.2) is 44.3 Å². The zero-order valence-electron chi connectivity index (χ0n) is 23.9. The first kappa shape index (κ1) is 30.9. The van der Waals surface area contributed by atoms with Gasteiger partial charge in [0.15, 0.2) is 0 Å². The summed E-state index contributed by atoms with van der Waals surface area (Å²) in [6.07, 6.45) is 16.1. The van der Waals surface area contributed by atoms with E-state index in [0.29, 0.717) is 19.6 Å². The van der Waals surface area contributed by atoms with E-state index in [1.165, 1.54) is 75.3 Å². The normalized spacial score (nSPS) is 11.4. The number of rotatable bonds is 21. The van der Waals surface area contributed by atoms with Gasteiger partial charge >= 0.3 is 5.97 Å². The summed E-state index contributed by atoms with van der Waals surface area (Å²) in [5, 5.41) is 0. The van der Waals surface area contributed by atoms with E-state index in [9.17, 15) is 4.79 Å². The molecule has 0 fully saturated rings. The number of ether oxygens (including phenoxy) is 2. The van der Waals surface area contributed by atoms with Gasteiger partial charge in [-0.15, -0.1) is 0 Å². The van der Waals surface area contributed by atoms with Gasteiger partial charge in [-0.05, 0) is 30.5 Å². The number of esters is 1. The van der Waals surface area contributed by atoms with Crippen LogP contribution in [0.5, 0.6) is 5.75 Å². The molecule has 0 aliphatic carbocycles. The SMILES string of the molecule is CCCCCCCCCCCCc1ccc(OCCOC(=O)CCC[N+](C)(C)Cc2ccccc2)cc1. The number of carbonyl (C=O) groups is 1. The van der Waals surface area contributed by atoms with Gasteiger partial charge in [-0.25, -0.2) is 0 Å². The Hall–Kier alpha value is -2.33. The van der Waals surface area contributed by atoms with E-state index in [2.05, 4.69) is 57.4 Å². The first-order chi connectivity index (χ1) is 18.0. The molecule has 2 aromatic carbocycles. The zero-order chi connectivity index (χ0) is 26.6. The molecular formula is C33H52NO3+. The molecule has 2 rings (SSSR count). The van der Waals surface area contributed by atoms with Crippen LogP contribution in [0.4, 0.5) is 0 Å². The van der Waals surface area contributed by atoms with Gasteiger partial charge in [0.2, 0.25) is 0 Å². The third-order valence-electron chi connectivity index (χ3n) is 6.96. The predicted octanol–water partition coefficient (Wildman–Crippen LogP) is 8.13. The lowest BCUT2D eigenvalue weighted by atomic mass is 10.0. The van der Waals surface area contributed by atoms with E-state index < -0.39 is 0 Å². The number of carbonyl (C=O) groups excluding carboxylic acids is 1. The van der Waals surface area contributed by atoms with Crippen molar-refractivity contribution in [3.63, 3.8) is 0 Å². The summed E-state index contributed by atoms with van der Waals surface area (Å²) < 4.78 is 12.0. The quantitative estimate of drug-likeness (QED) is 0.0966. The number of nitrogens with zero attached hydrogens (tertiary/aromatic N) is 1. The summed E-state index contributed by atoms with van der Waals surface area (Å²) in [6, 6.07) is 18.9. The molecule has 0 aromatic heterocycles. The van der Waals surface area contributed by atoms with Gasteiger partial charge in [0.1, 0.15) is 25.5 Å². The Bertz CT molecular complexity index is 832. The molecule has 0 atom stereocenters. The van der Waals surface area contributed by atoms with Gasteiger partial charge in [-0.3, -0.25) is 4.79 Å². The molecule has 0 saturated carbocycles. The lowest BCUT2D eigenvalue weighted by Crippen LogP contribution is -2.39. The van der Waals surface area contributed by atoms with Crippen LogP contribution in [0.15, 0.2) is 54.6 Å². The number of hydrogen-bond acceptors (Lipinski definition) is 3. The summed E-state index contributed by atoms with van der Waals surface area (Å²) in [5.74, 6) is 0.693. The average Bonchev–Trinajstić information content (AvgIpc) is 2.89. The minimum absolute atomic E-state index is 0.143. The second-order valence-electron chi connectivity index (χ2n) is 11.1. The molecule has 0 bridgehead atoms. The highest BCUT2D eigenvalue weighted by Crippen LogP contribution is 2.16. The standard InChI is InChI=1S/C33H52NO3/c1-4-5-6-7-8-9-10-11-12-14-18-30-22-24-32(25-23-30)36-27-28-37-33(35)21-17-26-34(2,3)29-31-19-15-13-16-20-31/h13,15-16,19-20,22-25H,4-12,14,17-18,21,26-29H2,1-3H3/q+1. The summed E-state index contributed by atoms with van der Waals surface area (Å²) >= 11 is 0. The van der Waals surface area contributed by atoms with E-state index >= 15 is 0 Å². The van der Waals surface area contributed by atoms with Gasteiger partial charge in [0.05, 0.1) is 27.1 Å². The van der Waals surface area contributed by atoms with Crippen molar-refractivity contribution in [2.45, 2.75) is 96.9 Å². The van der Waals surface area contributed by atoms with Crippen LogP contribution in [0.1, 0.15) is 95.1 Å². The highest BCUT2D eigenvalue weighted by molar-refractivity contribution is 5.69. The second-order valence-corrected chi connectivity index (χ2v) is 11.1. The largest absolute Gasteiger partial charge is 0.490 e. The molecule has 0 unspecified atom stereocenters. The van der Waals surface area contributed by atoms with Crippen LogP contribution < -0.4 is 4.74 Å². The van der Waals surface area contributed by atoms with Crippen LogP contribution >= 0.6 is 0 Å². The minimum atomic E-state index is -0.143. The maximum atomic E-state index is 12.1. The van der Waals surface area contributed by atoms with Crippen LogP contribution in [0.2, 0.25) is 0 Å². The molecule has 2 aromatic rings. The van der Waals surface area contributed by atoms with Gasteiger partial charge < -0.3 is 14.0 Å². The summed E-state index contributed by atoms with van der Waals surface area (Å²) in [6.45, 7) is 4.85. The van der Waals surface area contributed by atoms with Crippen LogP contribution in [0.3, 0.4) is 0 Å². The fraction of sp³-hybridized carbons (Fsp3) is 0.606. The van der Waals surface area contributed by atoms with E-state index in [0.717, 1.165) is 36.2 Å². The lowest BCUT2D eigenvalue weighted by Gasteiger charge is -2.29. The second kappa shape index (κ2) is 18.8. The Morgan fingerprint density at radius 2 is 1.32 bits per heavy atom. The van der Waals surface area contributed by atoms with Crippen LogP contribution in [-0.2, 0) is 22.5 Å². The maximum absolute atomic E-state index is 12.1. The molecule has 0 radical (unpaired) electrons. The van der Waals surface area contributed by atoms with Gasteiger partial charge in [-0.1, -0.05) is 107 Å². The van der Waals surface area contributed by atoms with E-state index in [1.54, 1.807) is 0 Å².